The molecular formula is C15H21ClN2. The van der Waals surface area contributed by atoms with Crippen LogP contribution in [0.15, 0.2) is 35.4 Å². The standard InChI is InChI=1S/C15H21ClN2/c1-11(14-8-17-9-14)10-18(3)12(2)13-5-4-6-15(16)7-13/h4-7,12,17H,8-10H2,1-3H3. The summed E-state index contributed by atoms with van der Waals surface area (Å²) >= 11 is 6.05. The number of hydrogen-bond acceptors (Lipinski definition) is 2. The summed E-state index contributed by atoms with van der Waals surface area (Å²) in [6, 6.07) is 8.51. The maximum atomic E-state index is 6.05. The maximum absolute atomic E-state index is 6.05. The number of nitrogens with zero attached hydrogens (tertiary/aromatic N) is 1. The van der Waals surface area contributed by atoms with Crippen molar-refractivity contribution in [3.63, 3.8) is 0 Å². The number of likely N-dealkylation sites (N-methyl/N-ethyl adjacent to an activating group) is 1. The van der Waals surface area contributed by atoms with E-state index in [1.54, 1.807) is 5.57 Å². The Kier molecular flexibility index (Phi) is 4.44. The van der Waals surface area contributed by atoms with Gasteiger partial charge < -0.3 is 5.32 Å². The van der Waals surface area contributed by atoms with E-state index < -0.39 is 0 Å². The molecule has 1 aliphatic heterocycles. The van der Waals surface area contributed by atoms with Crippen molar-refractivity contribution < 1.29 is 0 Å². The van der Waals surface area contributed by atoms with Gasteiger partial charge in [0.05, 0.1) is 0 Å². The number of halogens is 1. The Morgan fingerprint density at radius 3 is 2.72 bits per heavy atom. The zero-order chi connectivity index (χ0) is 13.1. The minimum absolute atomic E-state index is 0.382. The van der Waals surface area contributed by atoms with E-state index in [4.69, 9.17) is 11.6 Å². The number of nitrogens with one attached hydrogen (secondary N) is 1. The molecular weight excluding hydrogens is 244 g/mol. The van der Waals surface area contributed by atoms with E-state index in [2.05, 4.69) is 43.2 Å². The second-order valence-corrected chi connectivity index (χ2v) is 5.57. The highest BCUT2D eigenvalue weighted by molar-refractivity contribution is 6.30. The second-order valence-electron chi connectivity index (χ2n) is 5.13. The first-order valence-corrected chi connectivity index (χ1v) is 6.79. The Morgan fingerprint density at radius 2 is 2.17 bits per heavy atom. The van der Waals surface area contributed by atoms with Crippen molar-refractivity contribution in [2.75, 3.05) is 26.7 Å². The predicted molar refractivity (Wildman–Crippen MR) is 78.1 cm³/mol. The van der Waals surface area contributed by atoms with E-state index in [0.717, 1.165) is 24.7 Å². The van der Waals surface area contributed by atoms with Crippen LogP contribution >= 0.6 is 11.6 Å². The van der Waals surface area contributed by atoms with Gasteiger partial charge in [0.2, 0.25) is 0 Å². The molecule has 1 heterocycles. The summed E-state index contributed by atoms with van der Waals surface area (Å²) in [5.41, 5.74) is 4.32. The summed E-state index contributed by atoms with van der Waals surface area (Å²) in [5.74, 6) is 0. The van der Waals surface area contributed by atoms with Crippen LogP contribution in [0.1, 0.15) is 25.5 Å². The summed E-state index contributed by atoms with van der Waals surface area (Å²) < 4.78 is 0. The van der Waals surface area contributed by atoms with Gasteiger partial charge in [-0.2, -0.15) is 0 Å². The lowest BCUT2D eigenvalue weighted by atomic mass is 10.0. The number of benzene rings is 1. The molecule has 0 amide bonds. The molecule has 2 nitrogen and oxygen atoms in total. The Labute approximate surface area is 115 Å². The van der Waals surface area contributed by atoms with Crippen molar-refractivity contribution >= 4 is 11.6 Å². The van der Waals surface area contributed by atoms with E-state index in [0.29, 0.717) is 6.04 Å². The smallest absolute Gasteiger partial charge is 0.0409 e. The maximum Gasteiger partial charge on any atom is 0.0409 e. The fourth-order valence-electron chi connectivity index (χ4n) is 2.20. The van der Waals surface area contributed by atoms with Crippen LogP contribution in [-0.2, 0) is 0 Å². The van der Waals surface area contributed by atoms with Gasteiger partial charge in [0.15, 0.2) is 0 Å². The van der Waals surface area contributed by atoms with Crippen molar-refractivity contribution in [3.8, 4) is 0 Å². The topological polar surface area (TPSA) is 15.3 Å². The lowest BCUT2D eigenvalue weighted by Gasteiger charge is -2.29. The molecule has 0 aromatic heterocycles. The zero-order valence-electron chi connectivity index (χ0n) is 11.3. The Morgan fingerprint density at radius 1 is 1.44 bits per heavy atom. The van der Waals surface area contributed by atoms with E-state index in [-0.39, 0.29) is 0 Å². The summed E-state index contributed by atoms with van der Waals surface area (Å²) in [6.45, 7) is 7.60. The molecule has 3 heteroatoms. The van der Waals surface area contributed by atoms with Gasteiger partial charge in [-0.25, -0.2) is 0 Å². The van der Waals surface area contributed by atoms with Crippen LogP contribution in [0.2, 0.25) is 5.02 Å². The minimum Gasteiger partial charge on any atom is -0.309 e. The molecule has 0 spiro atoms. The monoisotopic (exact) mass is 264 g/mol. The third kappa shape index (κ3) is 3.14. The van der Waals surface area contributed by atoms with Gasteiger partial charge in [-0.15, -0.1) is 0 Å². The van der Waals surface area contributed by atoms with Crippen LogP contribution in [0.25, 0.3) is 0 Å². The van der Waals surface area contributed by atoms with Crippen molar-refractivity contribution in [2.45, 2.75) is 19.9 Å². The summed E-state index contributed by atoms with van der Waals surface area (Å²) in [5, 5.41) is 4.10. The molecule has 0 saturated carbocycles. The summed E-state index contributed by atoms with van der Waals surface area (Å²) in [7, 11) is 2.17. The third-order valence-electron chi connectivity index (χ3n) is 3.76. The van der Waals surface area contributed by atoms with Gasteiger partial charge in [0, 0.05) is 30.7 Å². The van der Waals surface area contributed by atoms with Gasteiger partial charge in [-0.1, -0.05) is 29.3 Å². The average molecular weight is 265 g/mol. The Hall–Kier alpha value is -0.830. The molecule has 2 rings (SSSR count). The van der Waals surface area contributed by atoms with Crippen molar-refractivity contribution in [3.05, 3.63) is 46.0 Å². The van der Waals surface area contributed by atoms with Gasteiger partial charge in [-0.3, -0.25) is 4.90 Å². The van der Waals surface area contributed by atoms with Crippen LogP contribution in [-0.4, -0.2) is 31.6 Å². The normalized spacial score (nSPS) is 16.6. The number of rotatable bonds is 4. The van der Waals surface area contributed by atoms with Crippen LogP contribution in [0.4, 0.5) is 0 Å². The van der Waals surface area contributed by atoms with Crippen LogP contribution in [0.3, 0.4) is 0 Å². The summed E-state index contributed by atoms with van der Waals surface area (Å²) in [6.07, 6.45) is 0. The van der Waals surface area contributed by atoms with Gasteiger partial charge in [0.1, 0.15) is 0 Å². The molecule has 18 heavy (non-hydrogen) atoms. The fourth-order valence-corrected chi connectivity index (χ4v) is 2.39. The SMILES string of the molecule is CC(CN(C)C(C)c1cccc(Cl)c1)=C1CNC1. The molecule has 98 valence electrons. The van der Waals surface area contributed by atoms with Crippen LogP contribution < -0.4 is 5.32 Å². The van der Waals surface area contributed by atoms with Gasteiger partial charge in [0.25, 0.3) is 0 Å². The van der Waals surface area contributed by atoms with Crippen molar-refractivity contribution in [1.82, 2.24) is 10.2 Å². The van der Waals surface area contributed by atoms with Gasteiger partial charge >= 0.3 is 0 Å². The first kappa shape index (κ1) is 13.6. The summed E-state index contributed by atoms with van der Waals surface area (Å²) in [4.78, 5) is 2.37. The van der Waals surface area contributed by atoms with Crippen molar-refractivity contribution in [2.24, 2.45) is 0 Å². The highest BCUT2D eigenvalue weighted by Gasteiger charge is 2.16. The highest BCUT2D eigenvalue weighted by Crippen LogP contribution is 2.23. The largest absolute Gasteiger partial charge is 0.309 e. The average Bonchev–Trinajstić information content (AvgIpc) is 2.25. The van der Waals surface area contributed by atoms with E-state index in [1.807, 2.05) is 12.1 Å². The molecule has 1 aliphatic rings. The third-order valence-corrected chi connectivity index (χ3v) is 3.99. The highest BCUT2D eigenvalue weighted by atomic mass is 35.5. The van der Waals surface area contributed by atoms with E-state index in [1.165, 1.54) is 11.1 Å². The van der Waals surface area contributed by atoms with E-state index in [9.17, 15) is 0 Å². The van der Waals surface area contributed by atoms with E-state index >= 15 is 0 Å². The molecule has 0 aliphatic carbocycles. The Bertz CT molecular complexity index is 448. The lowest BCUT2D eigenvalue weighted by molar-refractivity contribution is 0.282. The quantitative estimate of drug-likeness (QED) is 0.840. The molecule has 1 aromatic carbocycles. The van der Waals surface area contributed by atoms with Crippen molar-refractivity contribution in [1.29, 1.82) is 0 Å². The number of hydrogen-bond donors (Lipinski definition) is 1. The first-order chi connectivity index (χ1) is 8.58. The molecule has 1 aromatic rings. The molecule has 0 bridgehead atoms. The molecule has 1 N–H and O–H groups in total. The molecule has 1 unspecified atom stereocenters. The van der Waals surface area contributed by atoms with Crippen LogP contribution in [0.5, 0.6) is 0 Å². The zero-order valence-corrected chi connectivity index (χ0v) is 12.1. The first-order valence-electron chi connectivity index (χ1n) is 6.42. The molecule has 1 fully saturated rings. The van der Waals surface area contributed by atoms with Gasteiger partial charge in [-0.05, 0) is 44.2 Å². The second kappa shape index (κ2) is 5.87. The Balaban J connectivity index is 2.02. The minimum atomic E-state index is 0.382. The fraction of sp³-hybridized carbons (Fsp3) is 0.467. The lowest BCUT2D eigenvalue weighted by Crippen LogP contribution is -2.36. The molecule has 1 atom stereocenters. The molecule has 1 saturated heterocycles. The predicted octanol–water partition coefficient (Wildman–Crippen LogP) is 3.25. The van der Waals surface area contributed by atoms with Crippen LogP contribution in [0, 0.1) is 0 Å². The molecule has 0 radical (unpaired) electrons.